The second kappa shape index (κ2) is 11.2. The van der Waals surface area contributed by atoms with E-state index in [1.807, 2.05) is 11.9 Å². The molecule has 0 unspecified atom stereocenters. The van der Waals surface area contributed by atoms with Gasteiger partial charge in [0.05, 0.1) is 19.6 Å². The van der Waals surface area contributed by atoms with E-state index in [0.717, 1.165) is 26.1 Å². The fourth-order valence-electron chi connectivity index (χ4n) is 1.69. The number of rotatable bonds is 11. The molecule has 0 aliphatic carbocycles. The predicted octanol–water partition coefficient (Wildman–Crippen LogP) is 2.24. The van der Waals surface area contributed by atoms with Crippen LogP contribution in [-0.4, -0.2) is 62.7 Å². The van der Waals surface area contributed by atoms with E-state index in [0.29, 0.717) is 25.6 Å². The third-order valence-electron chi connectivity index (χ3n) is 3.32. The minimum Gasteiger partial charge on any atom is -0.380 e. The molecule has 0 rings (SSSR count). The second-order valence-corrected chi connectivity index (χ2v) is 5.61. The van der Waals surface area contributed by atoms with Gasteiger partial charge >= 0.3 is 0 Å². The number of carbonyl (C=O) groups is 1. The van der Waals surface area contributed by atoms with Crippen LogP contribution in [0.5, 0.6) is 0 Å². The minimum absolute atomic E-state index is 0.188. The Morgan fingerprint density at radius 2 is 1.84 bits per heavy atom. The maximum Gasteiger partial charge on any atom is 0.224 e. The van der Waals surface area contributed by atoms with E-state index in [9.17, 15) is 4.79 Å². The molecule has 0 bridgehead atoms. The first-order valence-corrected chi connectivity index (χ1v) is 7.47. The van der Waals surface area contributed by atoms with Gasteiger partial charge in [-0.05, 0) is 32.4 Å². The molecular formula is C15H32N2O2. The van der Waals surface area contributed by atoms with Gasteiger partial charge in [0.25, 0.3) is 0 Å². The summed E-state index contributed by atoms with van der Waals surface area (Å²) in [5.74, 6) is 0.898. The molecule has 0 aliphatic rings. The van der Waals surface area contributed by atoms with Crippen LogP contribution in [0.3, 0.4) is 0 Å². The molecule has 114 valence electrons. The maximum atomic E-state index is 11.8. The smallest absolute Gasteiger partial charge is 0.224 e. The van der Waals surface area contributed by atoms with Crippen molar-refractivity contribution in [3.05, 3.63) is 0 Å². The third-order valence-corrected chi connectivity index (χ3v) is 3.32. The molecule has 0 spiro atoms. The van der Waals surface area contributed by atoms with E-state index in [1.165, 1.54) is 6.42 Å². The fourth-order valence-corrected chi connectivity index (χ4v) is 1.69. The Hall–Kier alpha value is -0.610. The van der Waals surface area contributed by atoms with Crippen molar-refractivity contribution >= 4 is 5.91 Å². The van der Waals surface area contributed by atoms with Crippen LogP contribution in [0, 0.1) is 5.92 Å². The van der Waals surface area contributed by atoms with Crippen LogP contribution in [0.25, 0.3) is 0 Å². The zero-order chi connectivity index (χ0) is 14.7. The first-order chi connectivity index (χ1) is 8.97. The topological polar surface area (TPSA) is 32.8 Å². The molecule has 0 fully saturated rings. The highest BCUT2D eigenvalue weighted by Gasteiger charge is 2.08. The average molecular weight is 272 g/mol. The van der Waals surface area contributed by atoms with E-state index in [2.05, 4.69) is 32.7 Å². The summed E-state index contributed by atoms with van der Waals surface area (Å²) in [5, 5.41) is 0. The lowest BCUT2D eigenvalue weighted by atomic mass is 10.1. The Morgan fingerprint density at radius 3 is 2.42 bits per heavy atom. The van der Waals surface area contributed by atoms with E-state index < -0.39 is 0 Å². The highest BCUT2D eigenvalue weighted by atomic mass is 16.5. The Balaban J connectivity index is 3.51. The molecule has 4 heteroatoms. The van der Waals surface area contributed by atoms with Gasteiger partial charge < -0.3 is 14.5 Å². The van der Waals surface area contributed by atoms with Crippen LogP contribution in [-0.2, 0) is 9.53 Å². The van der Waals surface area contributed by atoms with E-state index in [-0.39, 0.29) is 5.91 Å². The van der Waals surface area contributed by atoms with Crippen LogP contribution < -0.4 is 0 Å². The van der Waals surface area contributed by atoms with E-state index in [4.69, 9.17) is 4.74 Å². The Labute approximate surface area is 119 Å². The van der Waals surface area contributed by atoms with Crippen LogP contribution >= 0.6 is 0 Å². The summed E-state index contributed by atoms with van der Waals surface area (Å²) in [4.78, 5) is 15.8. The molecule has 4 nitrogen and oxygen atoms in total. The molecule has 19 heavy (non-hydrogen) atoms. The highest BCUT2D eigenvalue weighted by Crippen LogP contribution is 2.04. The van der Waals surface area contributed by atoms with Crippen molar-refractivity contribution in [2.24, 2.45) is 5.92 Å². The fraction of sp³-hybridized carbons (Fsp3) is 0.933. The van der Waals surface area contributed by atoms with Gasteiger partial charge in [-0.2, -0.15) is 0 Å². The van der Waals surface area contributed by atoms with E-state index in [1.54, 1.807) is 0 Å². The number of nitrogens with zero attached hydrogens (tertiary/aromatic N) is 2. The van der Waals surface area contributed by atoms with Crippen molar-refractivity contribution in [2.75, 3.05) is 46.9 Å². The molecule has 0 aromatic rings. The lowest BCUT2D eigenvalue weighted by Crippen LogP contribution is -2.29. The Bertz CT molecular complexity index is 232. The van der Waals surface area contributed by atoms with Crippen LogP contribution in [0.15, 0.2) is 0 Å². The third kappa shape index (κ3) is 11.0. The summed E-state index contributed by atoms with van der Waals surface area (Å²) in [7, 11) is 3.95. The lowest BCUT2D eigenvalue weighted by Gasteiger charge is -2.18. The number of likely N-dealkylation sites (N-methyl/N-ethyl adjacent to an activating group) is 1. The molecular weight excluding hydrogens is 240 g/mol. The molecule has 1 amide bonds. The Morgan fingerprint density at radius 1 is 1.16 bits per heavy atom. The van der Waals surface area contributed by atoms with Crippen LogP contribution in [0.4, 0.5) is 0 Å². The summed E-state index contributed by atoms with van der Waals surface area (Å²) in [6.07, 6.45) is 2.76. The Kier molecular flexibility index (Phi) is 10.9. The molecule has 0 radical (unpaired) electrons. The molecule has 0 saturated carbocycles. The quantitative estimate of drug-likeness (QED) is 0.541. The number of amides is 1. The average Bonchev–Trinajstić information content (AvgIpc) is 2.37. The maximum absolute atomic E-state index is 11.8. The molecule has 0 atom stereocenters. The van der Waals surface area contributed by atoms with Crippen molar-refractivity contribution in [3.8, 4) is 0 Å². The first-order valence-electron chi connectivity index (χ1n) is 7.47. The first kappa shape index (κ1) is 18.4. The number of hydrogen-bond donors (Lipinski definition) is 0. The lowest BCUT2D eigenvalue weighted by molar-refractivity contribution is -0.131. The van der Waals surface area contributed by atoms with Gasteiger partial charge in [0.15, 0.2) is 0 Å². The van der Waals surface area contributed by atoms with Gasteiger partial charge in [0, 0.05) is 20.1 Å². The largest absolute Gasteiger partial charge is 0.380 e. The molecule has 0 heterocycles. The predicted molar refractivity (Wildman–Crippen MR) is 80.3 cm³/mol. The monoisotopic (exact) mass is 272 g/mol. The SMILES string of the molecule is CCN(C)CCOCCC(=O)N(C)CCCC(C)C. The molecule has 0 aliphatic heterocycles. The molecule has 0 aromatic heterocycles. The minimum atomic E-state index is 0.188. The number of hydrogen-bond acceptors (Lipinski definition) is 3. The molecule has 0 N–H and O–H groups in total. The van der Waals surface area contributed by atoms with Gasteiger partial charge in [-0.1, -0.05) is 20.8 Å². The van der Waals surface area contributed by atoms with Crippen molar-refractivity contribution in [3.63, 3.8) is 0 Å². The van der Waals surface area contributed by atoms with Crippen molar-refractivity contribution in [2.45, 2.75) is 40.0 Å². The summed E-state index contributed by atoms with van der Waals surface area (Å²) in [6.45, 7) is 10.6. The highest BCUT2D eigenvalue weighted by molar-refractivity contribution is 5.75. The van der Waals surface area contributed by atoms with Gasteiger partial charge in [0.2, 0.25) is 5.91 Å². The van der Waals surface area contributed by atoms with Gasteiger partial charge in [0.1, 0.15) is 0 Å². The normalized spacial score (nSPS) is 11.3. The summed E-state index contributed by atoms with van der Waals surface area (Å²) >= 11 is 0. The zero-order valence-corrected chi connectivity index (χ0v) is 13.4. The van der Waals surface area contributed by atoms with Crippen molar-refractivity contribution in [1.82, 2.24) is 9.80 Å². The summed E-state index contributed by atoms with van der Waals surface area (Å²) in [6, 6.07) is 0. The van der Waals surface area contributed by atoms with Crippen molar-refractivity contribution < 1.29 is 9.53 Å². The zero-order valence-electron chi connectivity index (χ0n) is 13.4. The standard InChI is InChI=1S/C15H32N2O2/c1-6-16(4)11-13-19-12-9-15(18)17(5)10-7-8-14(2)3/h14H,6-13H2,1-5H3. The number of carbonyl (C=O) groups excluding carboxylic acids is 1. The van der Waals surface area contributed by atoms with Crippen LogP contribution in [0.1, 0.15) is 40.0 Å². The van der Waals surface area contributed by atoms with Gasteiger partial charge in [-0.25, -0.2) is 0 Å². The summed E-state index contributed by atoms with van der Waals surface area (Å²) < 4.78 is 5.48. The van der Waals surface area contributed by atoms with Crippen molar-refractivity contribution in [1.29, 1.82) is 0 Å². The summed E-state index contributed by atoms with van der Waals surface area (Å²) in [5.41, 5.74) is 0. The number of ether oxygens (including phenoxy) is 1. The molecule has 0 saturated heterocycles. The van der Waals surface area contributed by atoms with Gasteiger partial charge in [-0.15, -0.1) is 0 Å². The van der Waals surface area contributed by atoms with E-state index >= 15 is 0 Å². The van der Waals surface area contributed by atoms with Gasteiger partial charge in [-0.3, -0.25) is 4.79 Å². The molecule has 0 aromatic carbocycles. The second-order valence-electron chi connectivity index (χ2n) is 5.61. The van der Waals surface area contributed by atoms with Crippen LogP contribution in [0.2, 0.25) is 0 Å².